The SMILES string of the molecule is CC(C(=O)NC1CCC(C)CC1C)=C1CNC1. The minimum Gasteiger partial charge on any atom is -0.349 e. The van der Waals surface area contributed by atoms with E-state index in [2.05, 4.69) is 24.5 Å². The Bertz CT molecular complexity index is 329. The lowest BCUT2D eigenvalue weighted by molar-refractivity contribution is -0.118. The normalized spacial score (nSPS) is 32.9. The third-order valence-corrected chi connectivity index (χ3v) is 4.30. The van der Waals surface area contributed by atoms with Crippen molar-refractivity contribution in [2.24, 2.45) is 11.8 Å². The van der Waals surface area contributed by atoms with Crippen LogP contribution in [0, 0.1) is 11.8 Å². The van der Waals surface area contributed by atoms with E-state index in [1.54, 1.807) is 0 Å². The van der Waals surface area contributed by atoms with Crippen LogP contribution in [-0.2, 0) is 4.79 Å². The van der Waals surface area contributed by atoms with Gasteiger partial charge in [0.15, 0.2) is 0 Å². The smallest absolute Gasteiger partial charge is 0.247 e. The minimum absolute atomic E-state index is 0.146. The summed E-state index contributed by atoms with van der Waals surface area (Å²) in [4.78, 5) is 12.1. The molecule has 0 aromatic rings. The molecule has 2 N–H and O–H groups in total. The van der Waals surface area contributed by atoms with Gasteiger partial charge in [-0.2, -0.15) is 0 Å². The van der Waals surface area contributed by atoms with Crippen LogP contribution in [0.2, 0.25) is 0 Å². The van der Waals surface area contributed by atoms with Gasteiger partial charge in [0.2, 0.25) is 5.91 Å². The number of carbonyl (C=O) groups is 1. The van der Waals surface area contributed by atoms with E-state index < -0.39 is 0 Å². The Morgan fingerprint density at radius 1 is 1.29 bits per heavy atom. The molecule has 1 aliphatic heterocycles. The maximum atomic E-state index is 12.1. The van der Waals surface area contributed by atoms with Crippen LogP contribution in [0.1, 0.15) is 40.0 Å². The zero-order valence-corrected chi connectivity index (χ0v) is 11.2. The van der Waals surface area contributed by atoms with Crippen molar-refractivity contribution < 1.29 is 4.79 Å². The first-order valence-corrected chi connectivity index (χ1v) is 6.78. The molecule has 17 heavy (non-hydrogen) atoms. The molecule has 3 nitrogen and oxygen atoms in total. The molecular formula is C14H24N2O. The Morgan fingerprint density at radius 3 is 2.53 bits per heavy atom. The van der Waals surface area contributed by atoms with Crippen LogP contribution in [-0.4, -0.2) is 25.0 Å². The van der Waals surface area contributed by atoms with E-state index >= 15 is 0 Å². The standard InChI is InChI=1S/C14H24N2O/c1-9-4-5-13(10(2)6-9)16-14(17)11(3)12-7-15-8-12/h9-10,13,15H,4-8H2,1-3H3,(H,16,17). The highest BCUT2D eigenvalue weighted by Crippen LogP contribution is 2.28. The number of hydrogen-bond acceptors (Lipinski definition) is 2. The van der Waals surface area contributed by atoms with Gasteiger partial charge in [-0.15, -0.1) is 0 Å². The van der Waals surface area contributed by atoms with Crippen LogP contribution in [0.4, 0.5) is 0 Å². The monoisotopic (exact) mass is 236 g/mol. The number of hydrogen-bond donors (Lipinski definition) is 2. The highest BCUT2D eigenvalue weighted by Gasteiger charge is 2.27. The van der Waals surface area contributed by atoms with Crippen LogP contribution in [0.5, 0.6) is 0 Å². The topological polar surface area (TPSA) is 41.1 Å². The third-order valence-electron chi connectivity index (χ3n) is 4.30. The van der Waals surface area contributed by atoms with Gasteiger partial charge < -0.3 is 10.6 Å². The van der Waals surface area contributed by atoms with Gasteiger partial charge in [0.1, 0.15) is 0 Å². The van der Waals surface area contributed by atoms with Gasteiger partial charge in [-0.25, -0.2) is 0 Å². The zero-order chi connectivity index (χ0) is 12.4. The van der Waals surface area contributed by atoms with Crippen molar-refractivity contribution >= 4 is 5.91 Å². The van der Waals surface area contributed by atoms with Crippen LogP contribution in [0.15, 0.2) is 11.1 Å². The Balaban J connectivity index is 1.90. The van der Waals surface area contributed by atoms with Gasteiger partial charge in [0.25, 0.3) is 0 Å². The first-order chi connectivity index (χ1) is 8.08. The molecule has 2 rings (SSSR count). The maximum Gasteiger partial charge on any atom is 0.247 e. The van der Waals surface area contributed by atoms with Gasteiger partial charge in [-0.05, 0) is 43.6 Å². The zero-order valence-electron chi connectivity index (χ0n) is 11.2. The molecule has 3 heteroatoms. The van der Waals surface area contributed by atoms with Crippen molar-refractivity contribution in [1.82, 2.24) is 10.6 Å². The summed E-state index contributed by atoms with van der Waals surface area (Å²) in [5.74, 6) is 1.57. The van der Waals surface area contributed by atoms with Crippen LogP contribution in [0.3, 0.4) is 0 Å². The molecule has 0 spiro atoms. The highest BCUT2D eigenvalue weighted by atomic mass is 16.1. The van der Waals surface area contributed by atoms with Crippen LogP contribution < -0.4 is 10.6 Å². The van der Waals surface area contributed by atoms with Crippen molar-refractivity contribution in [2.45, 2.75) is 46.1 Å². The van der Waals surface area contributed by atoms with E-state index in [9.17, 15) is 4.79 Å². The molecule has 1 saturated heterocycles. The van der Waals surface area contributed by atoms with Gasteiger partial charge in [0.05, 0.1) is 0 Å². The Morgan fingerprint density at radius 2 is 2.00 bits per heavy atom. The van der Waals surface area contributed by atoms with E-state index in [0.717, 1.165) is 31.0 Å². The molecule has 0 aromatic carbocycles. The highest BCUT2D eigenvalue weighted by molar-refractivity contribution is 5.94. The summed E-state index contributed by atoms with van der Waals surface area (Å²) in [5.41, 5.74) is 2.19. The summed E-state index contributed by atoms with van der Waals surface area (Å²) < 4.78 is 0. The summed E-state index contributed by atoms with van der Waals surface area (Å²) in [5, 5.41) is 6.39. The second kappa shape index (κ2) is 5.21. The molecule has 0 aromatic heterocycles. The van der Waals surface area contributed by atoms with Gasteiger partial charge in [-0.1, -0.05) is 13.8 Å². The summed E-state index contributed by atoms with van der Waals surface area (Å²) in [7, 11) is 0. The average Bonchev–Trinajstić information content (AvgIpc) is 2.19. The van der Waals surface area contributed by atoms with Crippen molar-refractivity contribution in [2.75, 3.05) is 13.1 Å². The van der Waals surface area contributed by atoms with E-state index in [4.69, 9.17) is 0 Å². The van der Waals surface area contributed by atoms with Crippen molar-refractivity contribution in [3.05, 3.63) is 11.1 Å². The lowest BCUT2D eigenvalue weighted by Crippen LogP contribution is -2.44. The van der Waals surface area contributed by atoms with Crippen LogP contribution in [0.25, 0.3) is 0 Å². The van der Waals surface area contributed by atoms with E-state index in [1.807, 2.05) is 6.92 Å². The molecule has 0 radical (unpaired) electrons. The van der Waals surface area contributed by atoms with Gasteiger partial charge in [-0.3, -0.25) is 4.79 Å². The molecule has 2 aliphatic rings. The molecule has 1 heterocycles. The molecule has 3 unspecified atom stereocenters. The maximum absolute atomic E-state index is 12.1. The second-order valence-electron chi connectivity index (χ2n) is 5.81. The number of amides is 1. The fraction of sp³-hybridized carbons (Fsp3) is 0.786. The Hall–Kier alpha value is -0.830. The van der Waals surface area contributed by atoms with Crippen LogP contribution >= 0.6 is 0 Å². The summed E-state index contributed by atoms with van der Waals surface area (Å²) >= 11 is 0. The Kier molecular flexibility index (Phi) is 3.87. The van der Waals surface area contributed by atoms with Crippen molar-refractivity contribution in [3.63, 3.8) is 0 Å². The summed E-state index contributed by atoms with van der Waals surface area (Å²) in [6.07, 6.45) is 3.61. The van der Waals surface area contributed by atoms with E-state index in [0.29, 0.717) is 12.0 Å². The number of rotatable bonds is 2. The fourth-order valence-corrected chi connectivity index (χ4v) is 2.83. The average molecular weight is 236 g/mol. The Labute approximate surface area is 104 Å². The molecule has 0 bridgehead atoms. The summed E-state index contributed by atoms with van der Waals surface area (Å²) in [6, 6.07) is 0.377. The minimum atomic E-state index is 0.146. The predicted octanol–water partition coefficient (Wildman–Crippen LogP) is 1.85. The lowest BCUT2D eigenvalue weighted by Gasteiger charge is -2.33. The molecule has 2 fully saturated rings. The molecule has 1 saturated carbocycles. The lowest BCUT2D eigenvalue weighted by atomic mass is 9.80. The second-order valence-corrected chi connectivity index (χ2v) is 5.81. The number of carbonyl (C=O) groups excluding carboxylic acids is 1. The number of nitrogens with one attached hydrogen (secondary N) is 2. The van der Waals surface area contributed by atoms with Gasteiger partial charge in [0, 0.05) is 24.7 Å². The van der Waals surface area contributed by atoms with E-state index in [-0.39, 0.29) is 5.91 Å². The third kappa shape index (κ3) is 2.89. The van der Waals surface area contributed by atoms with E-state index in [1.165, 1.54) is 18.4 Å². The first-order valence-electron chi connectivity index (χ1n) is 6.78. The van der Waals surface area contributed by atoms with Crippen molar-refractivity contribution in [1.29, 1.82) is 0 Å². The molecule has 3 atom stereocenters. The van der Waals surface area contributed by atoms with Crippen molar-refractivity contribution in [3.8, 4) is 0 Å². The fourth-order valence-electron chi connectivity index (χ4n) is 2.83. The quantitative estimate of drug-likeness (QED) is 0.718. The largest absolute Gasteiger partial charge is 0.349 e. The predicted molar refractivity (Wildman–Crippen MR) is 69.7 cm³/mol. The molecular weight excluding hydrogens is 212 g/mol. The molecule has 1 aliphatic carbocycles. The molecule has 1 amide bonds. The summed E-state index contributed by atoms with van der Waals surface area (Å²) in [6.45, 7) is 8.28. The van der Waals surface area contributed by atoms with Gasteiger partial charge >= 0.3 is 0 Å². The first kappa shape index (κ1) is 12.6. The molecule has 96 valence electrons.